The predicted molar refractivity (Wildman–Crippen MR) is 130 cm³/mol. The molecule has 11 heteroatoms. The van der Waals surface area contributed by atoms with Gasteiger partial charge in [0.2, 0.25) is 0 Å². The summed E-state index contributed by atoms with van der Waals surface area (Å²) >= 11 is 6.99. The Balaban J connectivity index is 1.40. The van der Waals surface area contributed by atoms with Gasteiger partial charge < -0.3 is 5.32 Å². The van der Waals surface area contributed by atoms with Crippen molar-refractivity contribution >= 4 is 57.1 Å². The molecule has 0 spiro atoms. The summed E-state index contributed by atoms with van der Waals surface area (Å²) in [5.74, 6) is -0.268. The highest BCUT2D eigenvalue weighted by Crippen LogP contribution is 2.34. The maximum absolute atomic E-state index is 13.5. The number of alkyl halides is 3. The normalized spacial score (nSPS) is 16.4. The summed E-state index contributed by atoms with van der Waals surface area (Å²) in [6.45, 7) is -0.0671. The van der Waals surface area contributed by atoms with E-state index in [1.54, 1.807) is 48.9 Å². The van der Waals surface area contributed by atoms with E-state index in [4.69, 9.17) is 11.6 Å². The lowest BCUT2D eigenvalue weighted by molar-refractivity contribution is -0.138. The molecule has 0 radical (unpaired) electrons. The summed E-state index contributed by atoms with van der Waals surface area (Å²) < 4.78 is 41.9. The molecule has 1 saturated heterocycles. The Hall–Kier alpha value is -3.63. The van der Waals surface area contributed by atoms with Crippen LogP contribution in [0.5, 0.6) is 0 Å². The zero-order valence-corrected chi connectivity index (χ0v) is 19.3. The van der Waals surface area contributed by atoms with Crippen LogP contribution in [0.1, 0.15) is 16.7 Å². The first-order valence-corrected chi connectivity index (χ1v) is 11.5. The SMILES string of the molecule is O=C1NC(=Nc2cccnc2)SC1=Cc1ccc2c(cnn2Cc2ccc(Cl)cc2C(F)(F)F)c1. The molecule has 0 unspecified atom stereocenters. The highest BCUT2D eigenvalue weighted by Gasteiger charge is 2.33. The van der Waals surface area contributed by atoms with Crippen LogP contribution < -0.4 is 5.32 Å². The van der Waals surface area contributed by atoms with Gasteiger partial charge in [-0.3, -0.25) is 14.5 Å². The maximum atomic E-state index is 13.5. The van der Waals surface area contributed by atoms with E-state index >= 15 is 0 Å². The van der Waals surface area contributed by atoms with Gasteiger partial charge in [-0.2, -0.15) is 18.3 Å². The molecule has 2 aromatic heterocycles. The minimum atomic E-state index is -4.53. The number of carbonyl (C=O) groups is 1. The van der Waals surface area contributed by atoms with Gasteiger partial charge in [0.15, 0.2) is 5.17 Å². The average Bonchev–Trinajstić information content (AvgIpc) is 3.37. The van der Waals surface area contributed by atoms with Gasteiger partial charge in [0, 0.05) is 16.6 Å². The molecule has 0 saturated carbocycles. The lowest BCUT2D eigenvalue weighted by atomic mass is 10.1. The molecular formula is C24H15ClF3N5OS. The van der Waals surface area contributed by atoms with Crippen molar-refractivity contribution in [1.82, 2.24) is 20.1 Å². The van der Waals surface area contributed by atoms with Gasteiger partial charge in [0.25, 0.3) is 5.91 Å². The lowest BCUT2D eigenvalue weighted by Gasteiger charge is -2.14. The minimum absolute atomic E-state index is 0.0199. The molecule has 1 fully saturated rings. The Bertz CT molecular complexity index is 1500. The number of fused-ring (bicyclic) bond motifs is 1. The molecule has 1 aliphatic heterocycles. The smallest absolute Gasteiger partial charge is 0.300 e. The predicted octanol–water partition coefficient (Wildman–Crippen LogP) is 6.04. The Labute approximate surface area is 206 Å². The second-order valence-electron chi connectivity index (χ2n) is 7.61. The molecule has 6 nitrogen and oxygen atoms in total. The number of amidine groups is 1. The lowest BCUT2D eigenvalue weighted by Crippen LogP contribution is -2.19. The van der Waals surface area contributed by atoms with Crippen LogP contribution in [-0.2, 0) is 17.5 Å². The minimum Gasteiger partial charge on any atom is -0.300 e. The average molecular weight is 514 g/mol. The van der Waals surface area contributed by atoms with Crippen molar-refractivity contribution in [1.29, 1.82) is 0 Å². The monoisotopic (exact) mass is 513 g/mol. The summed E-state index contributed by atoms with van der Waals surface area (Å²) in [6.07, 6.45) is 2.01. The quantitative estimate of drug-likeness (QED) is 0.337. The van der Waals surface area contributed by atoms with E-state index in [0.717, 1.165) is 17.0 Å². The first-order valence-electron chi connectivity index (χ1n) is 10.3. The zero-order chi connectivity index (χ0) is 24.6. The molecule has 4 aromatic rings. The molecule has 5 rings (SSSR count). The number of amides is 1. The molecule has 1 N–H and O–H groups in total. The van der Waals surface area contributed by atoms with E-state index in [9.17, 15) is 18.0 Å². The molecule has 176 valence electrons. The van der Waals surface area contributed by atoms with Crippen molar-refractivity contribution < 1.29 is 18.0 Å². The number of aliphatic imine (C=N–C) groups is 1. The highest BCUT2D eigenvalue weighted by molar-refractivity contribution is 8.18. The van der Waals surface area contributed by atoms with Gasteiger partial charge in [0.05, 0.1) is 40.6 Å². The summed E-state index contributed by atoms with van der Waals surface area (Å²) in [4.78, 5) is 21.2. The Kier molecular flexibility index (Phi) is 6.08. The standard InChI is InChI=1S/C24H15ClF3N5OS/c25-17-5-4-15(19(10-17)24(26,27)28)13-33-20-6-3-14(8-16(20)11-30-33)9-21-22(34)32-23(35-21)31-18-2-1-7-29-12-18/h1-12H,13H2,(H,31,32,34). The number of hydrogen-bond acceptors (Lipinski definition) is 5. The van der Waals surface area contributed by atoms with Crippen LogP contribution >= 0.6 is 23.4 Å². The highest BCUT2D eigenvalue weighted by atomic mass is 35.5. The first-order chi connectivity index (χ1) is 16.8. The molecule has 1 amide bonds. The van der Waals surface area contributed by atoms with E-state index in [1.165, 1.54) is 28.6 Å². The number of pyridine rings is 1. The summed E-state index contributed by atoms with van der Waals surface area (Å²) in [5.41, 5.74) is 1.32. The van der Waals surface area contributed by atoms with E-state index < -0.39 is 11.7 Å². The third-order valence-electron chi connectivity index (χ3n) is 5.19. The van der Waals surface area contributed by atoms with Crippen molar-refractivity contribution in [3.05, 3.63) is 93.7 Å². The molecule has 2 aromatic carbocycles. The number of rotatable bonds is 4. The maximum Gasteiger partial charge on any atom is 0.416 e. The van der Waals surface area contributed by atoms with Crippen LogP contribution in [0.3, 0.4) is 0 Å². The van der Waals surface area contributed by atoms with Crippen LogP contribution in [0.4, 0.5) is 18.9 Å². The fourth-order valence-corrected chi connectivity index (χ4v) is 4.62. The summed E-state index contributed by atoms with van der Waals surface area (Å²) in [6, 6.07) is 12.6. The third kappa shape index (κ3) is 5.08. The van der Waals surface area contributed by atoms with Crippen molar-refractivity contribution in [2.45, 2.75) is 12.7 Å². The van der Waals surface area contributed by atoms with Crippen molar-refractivity contribution in [3.63, 3.8) is 0 Å². The van der Waals surface area contributed by atoms with Crippen LogP contribution in [0, 0.1) is 0 Å². The van der Waals surface area contributed by atoms with Gasteiger partial charge in [0.1, 0.15) is 0 Å². The van der Waals surface area contributed by atoms with Gasteiger partial charge in [-0.15, -0.1) is 0 Å². The van der Waals surface area contributed by atoms with Crippen molar-refractivity contribution in [2.75, 3.05) is 0 Å². The van der Waals surface area contributed by atoms with Crippen molar-refractivity contribution in [2.24, 2.45) is 4.99 Å². The van der Waals surface area contributed by atoms with Crippen LogP contribution in [0.25, 0.3) is 17.0 Å². The molecule has 0 atom stereocenters. The number of halogens is 4. The van der Waals surface area contributed by atoms with E-state index in [1.807, 2.05) is 6.07 Å². The first kappa shape index (κ1) is 23.1. The van der Waals surface area contributed by atoms with E-state index in [0.29, 0.717) is 21.3 Å². The number of thioether (sulfide) groups is 1. The van der Waals surface area contributed by atoms with Crippen LogP contribution in [0.2, 0.25) is 5.02 Å². The fraction of sp³-hybridized carbons (Fsp3) is 0.0833. The molecular weight excluding hydrogens is 499 g/mol. The number of nitrogens with one attached hydrogen (secondary N) is 1. The molecule has 1 aliphatic rings. The number of nitrogens with zero attached hydrogens (tertiary/aromatic N) is 4. The van der Waals surface area contributed by atoms with Gasteiger partial charge >= 0.3 is 6.18 Å². The number of carbonyl (C=O) groups excluding carboxylic acids is 1. The number of aromatic nitrogens is 3. The van der Waals surface area contributed by atoms with Gasteiger partial charge in [-0.1, -0.05) is 23.7 Å². The topological polar surface area (TPSA) is 72.2 Å². The Morgan fingerprint density at radius 2 is 2.00 bits per heavy atom. The third-order valence-corrected chi connectivity index (χ3v) is 6.33. The zero-order valence-electron chi connectivity index (χ0n) is 17.8. The molecule has 35 heavy (non-hydrogen) atoms. The second-order valence-corrected chi connectivity index (χ2v) is 9.08. The van der Waals surface area contributed by atoms with Crippen molar-refractivity contribution in [3.8, 4) is 0 Å². The summed E-state index contributed by atoms with van der Waals surface area (Å²) in [5, 5.41) is 8.19. The van der Waals surface area contributed by atoms with Crippen LogP contribution in [0.15, 0.2) is 77.0 Å². The fourth-order valence-electron chi connectivity index (χ4n) is 3.60. The molecule has 0 bridgehead atoms. The van der Waals surface area contributed by atoms with E-state index in [-0.39, 0.29) is 23.0 Å². The Morgan fingerprint density at radius 3 is 2.77 bits per heavy atom. The molecule has 3 heterocycles. The number of hydrogen-bond donors (Lipinski definition) is 1. The van der Waals surface area contributed by atoms with E-state index in [2.05, 4.69) is 20.4 Å². The van der Waals surface area contributed by atoms with Gasteiger partial charge in [-0.25, -0.2) is 4.99 Å². The summed E-state index contributed by atoms with van der Waals surface area (Å²) in [7, 11) is 0. The second kappa shape index (κ2) is 9.20. The largest absolute Gasteiger partial charge is 0.416 e. The molecule has 0 aliphatic carbocycles. The number of benzene rings is 2. The van der Waals surface area contributed by atoms with Crippen LogP contribution in [-0.4, -0.2) is 25.8 Å². The van der Waals surface area contributed by atoms with Gasteiger partial charge in [-0.05, 0) is 65.4 Å². The Morgan fingerprint density at radius 1 is 1.14 bits per heavy atom.